The van der Waals surface area contributed by atoms with Crippen LogP contribution in [0.3, 0.4) is 0 Å². The Kier molecular flexibility index (Phi) is 4.92. The summed E-state index contributed by atoms with van der Waals surface area (Å²) >= 11 is 7.17. The Bertz CT molecular complexity index is 1090. The second kappa shape index (κ2) is 7.58. The van der Waals surface area contributed by atoms with Gasteiger partial charge in [-0.05, 0) is 65.9 Å². The summed E-state index contributed by atoms with van der Waals surface area (Å²) < 4.78 is 2.09. The molecule has 0 saturated heterocycles. The number of hydrogen-bond acceptors (Lipinski definition) is 1. The highest BCUT2D eigenvalue weighted by atomic mass is 79.9. The monoisotopic (exact) mass is 507 g/mol. The van der Waals surface area contributed by atoms with Crippen LogP contribution >= 0.6 is 31.9 Å². The van der Waals surface area contributed by atoms with Crippen molar-refractivity contribution in [3.63, 3.8) is 0 Å². The highest BCUT2D eigenvalue weighted by Crippen LogP contribution is 2.53. The Morgan fingerprint density at radius 3 is 2.38 bits per heavy atom. The molecule has 4 heteroatoms. The molecule has 1 heterocycles. The summed E-state index contributed by atoms with van der Waals surface area (Å²) in [6.45, 7) is 0. The minimum atomic E-state index is -0.00974. The van der Waals surface area contributed by atoms with Crippen LogP contribution < -0.4 is 4.90 Å². The van der Waals surface area contributed by atoms with Crippen LogP contribution in [-0.4, -0.2) is 5.91 Å². The Hall–Kier alpha value is -2.17. The number of fused-ring (bicyclic) bond motifs is 3. The highest BCUT2D eigenvalue weighted by molar-refractivity contribution is 9.10. The summed E-state index contributed by atoms with van der Waals surface area (Å²) in [5.41, 5.74) is 4.11. The molecule has 1 aliphatic carbocycles. The first-order chi connectivity index (χ1) is 14.1. The van der Waals surface area contributed by atoms with E-state index in [4.69, 9.17) is 0 Å². The fourth-order valence-electron chi connectivity index (χ4n) is 4.70. The summed E-state index contributed by atoms with van der Waals surface area (Å²) in [6, 6.07) is 24.3. The number of hydrogen-bond donors (Lipinski definition) is 0. The van der Waals surface area contributed by atoms with Gasteiger partial charge in [-0.3, -0.25) is 4.79 Å². The van der Waals surface area contributed by atoms with Gasteiger partial charge in [-0.15, -0.1) is 0 Å². The molecular weight excluding hydrogens is 490 g/mol. The van der Waals surface area contributed by atoms with Gasteiger partial charge in [0, 0.05) is 26.1 Å². The second-order valence-corrected chi connectivity index (χ2v) is 9.43. The van der Waals surface area contributed by atoms with E-state index in [0.717, 1.165) is 21.1 Å². The number of rotatable bonds is 2. The van der Waals surface area contributed by atoms with Crippen molar-refractivity contribution in [2.24, 2.45) is 5.92 Å². The molecule has 29 heavy (non-hydrogen) atoms. The van der Waals surface area contributed by atoms with Crippen molar-refractivity contribution >= 4 is 43.5 Å². The third-order valence-corrected chi connectivity index (χ3v) is 6.98. The van der Waals surface area contributed by atoms with Gasteiger partial charge in [0.05, 0.1) is 6.04 Å². The van der Waals surface area contributed by atoms with Gasteiger partial charge in [-0.1, -0.05) is 74.3 Å². The Labute approximate surface area is 187 Å². The van der Waals surface area contributed by atoms with E-state index in [2.05, 4.69) is 80.4 Å². The number of anilines is 1. The van der Waals surface area contributed by atoms with Crippen LogP contribution in [0.1, 0.15) is 39.9 Å². The van der Waals surface area contributed by atoms with Crippen LogP contribution in [0, 0.1) is 5.92 Å². The van der Waals surface area contributed by atoms with Crippen LogP contribution in [0.15, 0.2) is 93.9 Å². The van der Waals surface area contributed by atoms with Gasteiger partial charge in [0.2, 0.25) is 0 Å². The van der Waals surface area contributed by atoms with Gasteiger partial charge in [0.25, 0.3) is 5.91 Å². The molecule has 0 radical (unpaired) electrons. The van der Waals surface area contributed by atoms with Crippen LogP contribution in [-0.2, 0) is 0 Å². The molecule has 2 aliphatic rings. The van der Waals surface area contributed by atoms with Crippen molar-refractivity contribution in [2.75, 3.05) is 4.90 Å². The smallest absolute Gasteiger partial charge is 0.258 e. The van der Waals surface area contributed by atoms with E-state index < -0.39 is 0 Å². The summed E-state index contributed by atoms with van der Waals surface area (Å²) in [5.74, 6) is 0.689. The molecule has 0 saturated carbocycles. The third kappa shape index (κ3) is 3.28. The SMILES string of the molecule is O=C(c1ccccc1)N1c2ccc(Br)cc2[C@@H]2C=CC[C@@H]2[C@H]1c1ccc(Br)cc1. The normalized spacial score (nSPS) is 22.3. The topological polar surface area (TPSA) is 20.3 Å². The Morgan fingerprint density at radius 1 is 0.897 bits per heavy atom. The summed E-state index contributed by atoms with van der Waals surface area (Å²) in [7, 11) is 0. The average molecular weight is 509 g/mol. The number of halogens is 2. The maximum absolute atomic E-state index is 13.8. The molecule has 0 unspecified atom stereocenters. The molecule has 0 N–H and O–H groups in total. The van der Waals surface area contributed by atoms with Crippen molar-refractivity contribution in [2.45, 2.75) is 18.4 Å². The average Bonchev–Trinajstić information content (AvgIpc) is 3.24. The minimum absolute atomic E-state index is 0.00974. The molecule has 3 aromatic rings. The highest BCUT2D eigenvalue weighted by Gasteiger charge is 2.44. The van der Waals surface area contributed by atoms with E-state index in [1.165, 1.54) is 11.1 Å². The molecule has 1 aliphatic heterocycles. The predicted octanol–water partition coefficient (Wildman–Crippen LogP) is 7.27. The van der Waals surface area contributed by atoms with Crippen molar-refractivity contribution in [3.8, 4) is 0 Å². The Morgan fingerprint density at radius 2 is 1.62 bits per heavy atom. The van der Waals surface area contributed by atoms with Gasteiger partial charge in [-0.2, -0.15) is 0 Å². The number of benzene rings is 3. The van der Waals surface area contributed by atoms with Gasteiger partial charge in [0.1, 0.15) is 0 Å². The van der Waals surface area contributed by atoms with E-state index in [0.29, 0.717) is 17.4 Å². The lowest BCUT2D eigenvalue weighted by molar-refractivity contribution is 0.0961. The maximum Gasteiger partial charge on any atom is 0.258 e. The fraction of sp³-hybridized carbons (Fsp3) is 0.160. The maximum atomic E-state index is 13.8. The standard InChI is InChI=1S/C25H19Br2NO/c26-18-11-9-16(10-12-18)24-21-8-4-7-20(21)22-15-19(27)13-14-23(22)28(24)25(29)17-5-2-1-3-6-17/h1-7,9-15,20-21,24H,8H2/t20-,21+,24-/m1/s1. The van der Waals surface area contributed by atoms with Crippen molar-refractivity contribution in [1.29, 1.82) is 0 Å². The molecule has 5 rings (SSSR count). The summed E-state index contributed by atoms with van der Waals surface area (Å²) in [5, 5.41) is 0. The quantitative estimate of drug-likeness (QED) is 0.333. The number of carbonyl (C=O) groups is 1. The fourth-order valence-corrected chi connectivity index (χ4v) is 5.34. The predicted molar refractivity (Wildman–Crippen MR) is 124 cm³/mol. The van der Waals surface area contributed by atoms with E-state index in [9.17, 15) is 4.79 Å². The zero-order valence-electron chi connectivity index (χ0n) is 15.6. The van der Waals surface area contributed by atoms with Crippen molar-refractivity contribution < 1.29 is 4.79 Å². The molecule has 1 amide bonds. The van der Waals surface area contributed by atoms with Gasteiger partial charge in [0.15, 0.2) is 0 Å². The molecule has 3 atom stereocenters. The van der Waals surface area contributed by atoms with Gasteiger partial charge >= 0.3 is 0 Å². The minimum Gasteiger partial charge on any atom is -0.300 e. The molecule has 0 aromatic heterocycles. The molecule has 3 aromatic carbocycles. The van der Waals surface area contributed by atoms with E-state index in [1.54, 1.807) is 0 Å². The van der Waals surface area contributed by atoms with Crippen LogP contribution in [0.5, 0.6) is 0 Å². The van der Waals surface area contributed by atoms with Crippen LogP contribution in [0.4, 0.5) is 5.69 Å². The second-order valence-electron chi connectivity index (χ2n) is 7.59. The molecule has 2 nitrogen and oxygen atoms in total. The zero-order chi connectivity index (χ0) is 20.0. The lowest BCUT2D eigenvalue weighted by Gasteiger charge is -2.44. The summed E-state index contributed by atoms with van der Waals surface area (Å²) in [4.78, 5) is 15.8. The number of allylic oxidation sites excluding steroid dienone is 2. The van der Waals surface area contributed by atoms with E-state index >= 15 is 0 Å². The lowest BCUT2D eigenvalue weighted by Crippen LogP contribution is -2.43. The van der Waals surface area contributed by atoms with Crippen molar-refractivity contribution in [3.05, 3.63) is 111 Å². The zero-order valence-corrected chi connectivity index (χ0v) is 18.8. The number of nitrogens with zero attached hydrogens (tertiary/aromatic N) is 1. The number of carbonyl (C=O) groups excluding carboxylic acids is 1. The van der Waals surface area contributed by atoms with Gasteiger partial charge < -0.3 is 4.90 Å². The Balaban J connectivity index is 1.71. The first-order valence-corrected chi connectivity index (χ1v) is 11.3. The first kappa shape index (κ1) is 18.8. The largest absolute Gasteiger partial charge is 0.300 e. The molecule has 144 valence electrons. The van der Waals surface area contributed by atoms with E-state index in [1.807, 2.05) is 41.3 Å². The number of amides is 1. The van der Waals surface area contributed by atoms with Crippen molar-refractivity contribution in [1.82, 2.24) is 0 Å². The van der Waals surface area contributed by atoms with Gasteiger partial charge in [-0.25, -0.2) is 0 Å². The lowest BCUT2D eigenvalue weighted by atomic mass is 9.75. The molecule has 0 fully saturated rings. The molecule has 0 spiro atoms. The van der Waals surface area contributed by atoms with Crippen LogP contribution in [0.25, 0.3) is 0 Å². The molecule has 0 bridgehead atoms. The third-order valence-electron chi connectivity index (χ3n) is 5.96. The first-order valence-electron chi connectivity index (χ1n) is 9.73. The summed E-state index contributed by atoms with van der Waals surface area (Å²) in [6.07, 6.45) is 5.55. The van der Waals surface area contributed by atoms with E-state index in [-0.39, 0.29) is 11.9 Å². The molecular formula is C25H19Br2NO. The van der Waals surface area contributed by atoms with Crippen LogP contribution in [0.2, 0.25) is 0 Å².